The summed E-state index contributed by atoms with van der Waals surface area (Å²) in [5.41, 5.74) is 4.21. The van der Waals surface area contributed by atoms with Crippen molar-refractivity contribution >= 4 is 45.3 Å². The number of hydrogen-bond acceptors (Lipinski definition) is 4. The van der Waals surface area contributed by atoms with Crippen LogP contribution in [-0.2, 0) is 9.31 Å². The van der Waals surface area contributed by atoms with E-state index < -0.39 is 18.3 Å². The molecule has 0 atom stereocenters. The second-order valence-corrected chi connectivity index (χ2v) is 11.0. The van der Waals surface area contributed by atoms with Gasteiger partial charge in [0.25, 0.3) is 0 Å². The fourth-order valence-corrected chi connectivity index (χ4v) is 5.29. The molecule has 5 nitrogen and oxygen atoms in total. The smallest absolute Gasteiger partial charge is 0.399 e. The van der Waals surface area contributed by atoms with Crippen molar-refractivity contribution in [3.05, 3.63) is 97.1 Å². The number of benzene rings is 4. The zero-order chi connectivity index (χ0) is 26.1. The first-order chi connectivity index (χ1) is 18.3. The standard InChI is InChI=1S/C32H28BN3O2/c1-31(2)32(3,4)38-33(37-31)22-18-19-24-23-14-9-11-17-27(23)36(28(24)20-22)30-25-15-8-10-16-26(25)34-29(35-30)21-12-6-5-7-13-21/h5-20H,1-4H3. The highest BCUT2D eigenvalue weighted by molar-refractivity contribution is 6.62. The van der Waals surface area contributed by atoms with Gasteiger partial charge in [-0.05, 0) is 57.4 Å². The van der Waals surface area contributed by atoms with Crippen LogP contribution < -0.4 is 5.46 Å². The van der Waals surface area contributed by atoms with Gasteiger partial charge in [0, 0.05) is 21.7 Å². The van der Waals surface area contributed by atoms with Crippen molar-refractivity contribution in [1.29, 1.82) is 0 Å². The highest BCUT2D eigenvalue weighted by Crippen LogP contribution is 2.38. The van der Waals surface area contributed by atoms with E-state index in [-0.39, 0.29) is 0 Å². The fraction of sp³-hybridized carbons (Fsp3) is 0.188. The molecule has 1 aliphatic rings. The van der Waals surface area contributed by atoms with Crippen molar-refractivity contribution in [2.45, 2.75) is 38.9 Å². The highest BCUT2D eigenvalue weighted by Gasteiger charge is 2.51. The van der Waals surface area contributed by atoms with E-state index in [1.165, 1.54) is 5.39 Å². The van der Waals surface area contributed by atoms with Crippen LogP contribution in [0.2, 0.25) is 0 Å². The maximum Gasteiger partial charge on any atom is 0.494 e. The minimum atomic E-state index is -0.446. The third-order valence-electron chi connectivity index (χ3n) is 8.05. The van der Waals surface area contributed by atoms with E-state index in [4.69, 9.17) is 19.3 Å². The maximum atomic E-state index is 6.41. The maximum absolute atomic E-state index is 6.41. The SMILES string of the molecule is CC1(C)OB(c2ccc3c4ccccc4n(-c4nc(-c5ccccc5)nc5ccccc45)c3c2)OC1(C)C. The normalized spacial score (nSPS) is 16.6. The number of aromatic nitrogens is 3. The van der Waals surface area contributed by atoms with E-state index in [2.05, 4.69) is 99.0 Å². The summed E-state index contributed by atoms with van der Waals surface area (Å²) in [4.78, 5) is 10.1. The topological polar surface area (TPSA) is 49.2 Å². The first kappa shape index (κ1) is 23.1. The summed E-state index contributed by atoms with van der Waals surface area (Å²) in [6, 6.07) is 33.3. The van der Waals surface area contributed by atoms with Crippen LogP contribution >= 0.6 is 0 Å². The van der Waals surface area contributed by atoms with Crippen molar-refractivity contribution in [1.82, 2.24) is 14.5 Å². The van der Waals surface area contributed by atoms with E-state index >= 15 is 0 Å². The van der Waals surface area contributed by atoms with Gasteiger partial charge >= 0.3 is 7.12 Å². The number of nitrogens with zero attached hydrogens (tertiary/aromatic N) is 3. The molecular weight excluding hydrogens is 469 g/mol. The molecule has 0 unspecified atom stereocenters. The highest BCUT2D eigenvalue weighted by atomic mass is 16.7. The molecule has 3 heterocycles. The van der Waals surface area contributed by atoms with Crippen LogP contribution in [0.1, 0.15) is 27.7 Å². The summed E-state index contributed by atoms with van der Waals surface area (Å²) < 4.78 is 15.1. The van der Waals surface area contributed by atoms with Crippen LogP contribution in [0.25, 0.3) is 49.9 Å². The van der Waals surface area contributed by atoms with Crippen molar-refractivity contribution in [3.8, 4) is 17.2 Å². The zero-order valence-electron chi connectivity index (χ0n) is 22.0. The van der Waals surface area contributed by atoms with Gasteiger partial charge in [-0.25, -0.2) is 9.97 Å². The Hall–Kier alpha value is -4.00. The van der Waals surface area contributed by atoms with Crippen molar-refractivity contribution in [2.75, 3.05) is 0 Å². The van der Waals surface area contributed by atoms with Crippen LogP contribution in [0.3, 0.4) is 0 Å². The molecule has 1 fully saturated rings. The minimum absolute atomic E-state index is 0.410. The summed E-state index contributed by atoms with van der Waals surface area (Å²) >= 11 is 0. The van der Waals surface area contributed by atoms with Gasteiger partial charge in [0.1, 0.15) is 5.82 Å². The van der Waals surface area contributed by atoms with Crippen LogP contribution in [0.15, 0.2) is 97.1 Å². The molecular formula is C32H28BN3O2. The predicted molar refractivity (Wildman–Crippen MR) is 155 cm³/mol. The molecule has 7 rings (SSSR count). The number of para-hydroxylation sites is 2. The molecule has 1 aliphatic heterocycles. The Morgan fingerprint density at radius 3 is 2.03 bits per heavy atom. The summed E-state index contributed by atoms with van der Waals surface area (Å²) in [5.74, 6) is 1.55. The Labute approximate surface area is 222 Å². The first-order valence-corrected chi connectivity index (χ1v) is 13.0. The molecule has 0 amide bonds. The molecule has 6 heteroatoms. The van der Waals surface area contributed by atoms with Gasteiger partial charge < -0.3 is 9.31 Å². The third kappa shape index (κ3) is 3.48. The van der Waals surface area contributed by atoms with Crippen LogP contribution in [-0.4, -0.2) is 32.9 Å². The van der Waals surface area contributed by atoms with Gasteiger partial charge in [-0.15, -0.1) is 0 Å². The van der Waals surface area contributed by atoms with E-state index in [1.54, 1.807) is 0 Å². The van der Waals surface area contributed by atoms with E-state index in [1.807, 2.05) is 30.3 Å². The van der Waals surface area contributed by atoms with Crippen molar-refractivity contribution < 1.29 is 9.31 Å². The lowest BCUT2D eigenvalue weighted by molar-refractivity contribution is 0.00578. The molecule has 0 bridgehead atoms. The second-order valence-electron chi connectivity index (χ2n) is 11.0. The van der Waals surface area contributed by atoms with Crippen LogP contribution in [0.5, 0.6) is 0 Å². The number of fused-ring (bicyclic) bond motifs is 4. The average molecular weight is 497 g/mol. The molecule has 4 aromatic carbocycles. The molecule has 2 aromatic heterocycles. The summed E-state index contributed by atoms with van der Waals surface area (Å²) in [5, 5.41) is 3.33. The third-order valence-corrected chi connectivity index (χ3v) is 8.05. The summed E-state index contributed by atoms with van der Waals surface area (Å²) in [6.45, 7) is 8.34. The molecule has 0 aliphatic carbocycles. The number of hydrogen-bond donors (Lipinski definition) is 0. The van der Waals surface area contributed by atoms with E-state index in [9.17, 15) is 0 Å². The second kappa shape index (κ2) is 8.25. The van der Waals surface area contributed by atoms with Gasteiger partial charge in [-0.1, -0.05) is 72.8 Å². The molecule has 0 N–H and O–H groups in total. The van der Waals surface area contributed by atoms with Crippen molar-refractivity contribution in [3.63, 3.8) is 0 Å². The van der Waals surface area contributed by atoms with Gasteiger partial charge in [0.2, 0.25) is 0 Å². The Kier molecular flexibility index (Phi) is 5.03. The molecule has 0 radical (unpaired) electrons. The number of rotatable bonds is 3. The molecule has 186 valence electrons. The molecule has 1 saturated heterocycles. The quantitative estimate of drug-likeness (QED) is 0.256. The Morgan fingerprint density at radius 1 is 0.632 bits per heavy atom. The van der Waals surface area contributed by atoms with Crippen molar-refractivity contribution in [2.24, 2.45) is 0 Å². The zero-order valence-corrected chi connectivity index (χ0v) is 22.0. The Balaban J connectivity index is 1.52. The van der Waals surface area contributed by atoms with Crippen LogP contribution in [0.4, 0.5) is 0 Å². The summed E-state index contributed by atoms with van der Waals surface area (Å²) in [7, 11) is -0.446. The van der Waals surface area contributed by atoms with Gasteiger partial charge in [0.15, 0.2) is 5.82 Å². The Morgan fingerprint density at radius 2 is 1.26 bits per heavy atom. The fourth-order valence-electron chi connectivity index (χ4n) is 5.29. The molecule has 6 aromatic rings. The van der Waals surface area contributed by atoms with Gasteiger partial charge in [-0.3, -0.25) is 4.57 Å². The summed E-state index contributed by atoms with van der Waals surface area (Å²) in [6.07, 6.45) is 0. The average Bonchev–Trinajstić information content (AvgIpc) is 3.37. The monoisotopic (exact) mass is 497 g/mol. The lowest BCUT2D eigenvalue weighted by Crippen LogP contribution is -2.41. The first-order valence-electron chi connectivity index (χ1n) is 13.0. The van der Waals surface area contributed by atoms with Gasteiger partial charge in [0.05, 0.1) is 27.8 Å². The van der Waals surface area contributed by atoms with E-state index in [0.29, 0.717) is 5.82 Å². The lowest BCUT2D eigenvalue weighted by Gasteiger charge is -2.32. The minimum Gasteiger partial charge on any atom is -0.399 e. The lowest BCUT2D eigenvalue weighted by atomic mass is 9.79. The van der Waals surface area contributed by atoms with E-state index in [0.717, 1.165) is 44.2 Å². The predicted octanol–water partition coefficient (Wildman–Crippen LogP) is 6.69. The molecule has 0 spiro atoms. The molecule has 38 heavy (non-hydrogen) atoms. The van der Waals surface area contributed by atoms with Gasteiger partial charge in [-0.2, -0.15) is 0 Å². The van der Waals surface area contributed by atoms with Crippen LogP contribution in [0, 0.1) is 0 Å². The molecule has 0 saturated carbocycles. The Bertz CT molecular complexity index is 1830. The largest absolute Gasteiger partial charge is 0.494 e.